The van der Waals surface area contributed by atoms with Crippen LogP contribution < -0.4 is 10.6 Å². The van der Waals surface area contributed by atoms with Crippen molar-refractivity contribution < 1.29 is 4.79 Å². The van der Waals surface area contributed by atoms with Gasteiger partial charge in [0.25, 0.3) is 5.91 Å². The van der Waals surface area contributed by atoms with Crippen molar-refractivity contribution in [1.29, 1.82) is 0 Å². The van der Waals surface area contributed by atoms with Crippen LogP contribution in [0.1, 0.15) is 20.3 Å². The molecule has 0 bridgehead atoms. The van der Waals surface area contributed by atoms with Gasteiger partial charge >= 0.3 is 0 Å². The maximum atomic E-state index is 11.1. The molecule has 0 spiro atoms. The van der Waals surface area contributed by atoms with Crippen LogP contribution in [0.5, 0.6) is 0 Å². The van der Waals surface area contributed by atoms with Gasteiger partial charge in [0, 0.05) is 0 Å². The SMILES string of the molecule is CC[C@]1(C)NC(=S)NC1=O. The Labute approximate surface area is 65.2 Å². The van der Waals surface area contributed by atoms with Gasteiger partial charge in [0.2, 0.25) is 0 Å². The number of nitrogens with one attached hydrogen (secondary N) is 2. The summed E-state index contributed by atoms with van der Waals surface area (Å²) < 4.78 is 0. The number of hydrogen-bond donors (Lipinski definition) is 2. The van der Waals surface area contributed by atoms with Crippen LogP contribution in [0, 0.1) is 0 Å². The monoisotopic (exact) mass is 158 g/mol. The zero-order valence-electron chi connectivity index (χ0n) is 6.02. The molecule has 0 radical (unpaired) electrons. The van der Waals surface area contributed by atoms with Crippen molar-refractivity contribution >= 4 is 23.2 Å². The van der Waals surface area contributed by atoms with E-state index < -0.39 is 5.54 Å². The summed E-state index contributed by atoms with van der Waals surface area (Å²) in [5, 5.41) is 5.88. The Kier molecular flexibility index (Phi) is 1.64. The second-order valence-corrected chi connectivity index (χ2v) is 3.00. The summed E-state index contributed by atoms with van der Waals surface area (Å²) >= 11 is 4.77. The topological polar surface area (TPSA) is 41.1 Å². The molecule has 0 aromatic rings. The predicted molar refractivity (Wildman–Crippen MR) is 42.6 cm³/mol. The lowest BCUT2D eigenvalue weighted by Crippen LogP contribution is -2.42. The first-order chi connectivity index (χ1) is 4.58. The summed E-state index contributed by atoms with van der Waals surface area (Å²) in [7, 11) is 0. The standard InChI is InChI=1S/C6H10N2OS/c1-3-6(2)4(9)7-5(10)8-6/h3H2,1-2H3,(H2,7,8,9,10)/t6-/m0/s1. The van der Waals surface area contributed by atoms with Crippen LogP contribution in [-0.2, 0) is 4.79 Å². The number of carbonyl (C=O) groups is 1. The Morgan fingerprint density at radius 3 is 2.50 bits per heavy atom. The largest absolute Gasteiger partial charge is 0.348 e. The fraction of sp³-hybridized carbons (Fsp3) is 0.667. The summed E-state index contributed by atoms with van der Waals surface area (Å²) in [5.41, 5.74) is -0.475. The highest BCUT2D eigenvalue weighted by Crippen LogP contribution is 2.12. The number of hydrogen-bond acceptors (Lipinski definition) is 2. The first-order valence-corrected chi connectivity index (χ1v) is 3.63. The van der Waals surface area contributed by atoms with E-state index in [1.807, 2.05) is 13.8 Å². The number of thiocarbonyl (C=S) groups is 1. The lowest BCUT2D eigenvalue weighted by molar-refractivity contribution is -0.123. The van der Waals surface area contributed by atoms with Gasteiger partial charge in [0.05, 0.1) is 0 Å². The maximum Gasteiger partial charge on any atom is 0.251 e. The van der Waals surface area contributed by atoms with Gasteiger partial charge in [0.15, 0.2) is 5.11 Å². The van der Waals surface area contributed by atoms with Crippen molar-refractivity contribution in [3.63, 3.8) is 0 Å². The van der Waals surface area contributed by atoms with Crippen LogP contribution in [0.25, 0.3) is 0 Å². The molecule has 1 aliphatic rings. The van der Waals surface area contributed by atoms with E-state index in [9.17, 15) is 4.79 Å². The Bertz CT molecular complexity index is 192. The molecule has 1 rings (SSSR count). The molecule has 0 saturated carbocycles. The summed E-state index contributed by atoms with van der Waals surface area (Å²) in [4.78, 5) is 11.1. The van der Waals surface area contributed by atoms with Gasteiger partial charge in [-0.2, -0.15) is 0 Å². The van der Waals surface area contributed by atoms with Gasteiger partial charge in [-0.05, 0) is 25.6 Å². The van der Waals surface area contributed by atoms with Gasteiger partial charge in [-0.25, -0.2) is 0 Å². The van der Waals surface area contributed by atoms with Crippen molar-refractivity contribution in [2.75, 3.05) is 0 Å². The summed E-state index contributed by atoms with van der Waals surface area (Å²) in [6.07, 6.45) is 0.749. The van der Waals surface area contributed by atoms with E-state index in [4.69, 9.17) is 12.2 Å². The molecule has 3 nitrogen and oxygen atoms in total. The predicted octanol–water partition coefficient (Wildman–Crippen LogP) is 0.159. The molecule has 1 atom stereocenters. The molecule has 2 N–H and O–H groups in total. The number of amides is 1. The second-order valence-electron chi connectivity index (χ2n) is 2.59. The van der Waals surface area contributed by atoms with E-state index in [0.29, 0.717) is 5.11 Å². The summed E-state index contributed by atoms with van der Waals surface area (Å²) in [5.74, 6) is -0.0278. The Hall–Kier alpha value is -0.640. The highest BCUT2D eigenvalue weighted by molar-refractivity contribution is 7.80. The average molecular weight is 158 g/mol. The zero-order chi connectivity index (χ0) is 7.78. The minimum atomic E-state index is -0.475. The van der Waals surface area contributed by atoms with Gasteiger partial charge in [-0.3, -0.25) is 4.79 Å². The molecule has 56 valence electrons. The van der Waals surface area contributed by atoms with Crippen molar-refractivity contribution in [3.05, 3.63) is 0 Å². The summed E-state index contributed by atoms with van der Waals surface area (Å²) in [6, 6.07) is 0. The van der Waals surface area contributed by atoms with E-state index in [1.165, 1.54) is 0 Å². The number of rotatable bonds is 1. The van der Waals surface area contributed by atoms with Gasteiger partial charge in [-0.15, -0.1) is 0 Å². The van der Waals surface area contributed by atoms with Gasteiger partial charge < -0.3 is 10.6 Å². The average Bonchev–Trinajstić information content (AvgIpc) is 2.09. The Morgan fingerprint density at radius 1 is 1.70 bits per heavy atom. The van der Waals surface area contributed by atoms with Crippen LogP contribution in [-0.4, -0.2) is 16.6 Å². The van der Waals surface area contributed by atoms with Gasteiger partial charge in [0.1, 0.15) is 5.54 Å². The third-order valence-electron chi connectivity index (χ3n) is 1.82. The smallest absolute Gasteiger partial charge is 0.251 e. The van der Waals surface area contributed by atoms with Crippen LogP contribution in [0.4, 0.5) is 0 Å². The quantitative estimate of drug-likeness (QED) is 0.534. The molecule has 0 aromatic carbocycles. The highest BCUT2D eigenvalue weighted by Gasteiger charge is 2.37. The molecule has 1 fully saturated rings. The van der Waals surface area contributed by atoms with Crippen molar-refractivity contribution in [1.82, 2.24) is 10.6 Å². The highest BCUT2D eigenvalue weighted by atomic mass is 32.1. The van der Waals surface area contributed by atoms with Crippen LogP contribution in [0.2, 0.25) is 0 Å². The lowest BCUT2D eigenvalue weighted by Gasteiger charge is -2.17. The fourth-order valence-electron chi connectivity index (χ4n) is 0.829. The van der Waals surface area contributed by atoms with Crippen LogP contribution >= 0.6 is 12.2 Å². The van der Waals surface area contributed by atoms with E-state index in [-0.39, 0.29) is 5.91 Å². The van der Waals surface area contributed by atoms with E-state index in [0.717, 1.165) is 6.42 Å². The lowest BCUT2D eigenvalue weighted by atomic mass is 10.0. The third-order valence-corrected chi connectivity index (χ3v) is 2.03. The van der Waals surface area contributed by atoms with Gasteiger partial charge in [-0.1, -0.05) is 6.92 Å². The molecule has 4 heteroatoms. The molecule has 0 aromatic heterocycles. The molecule has 0 unspecified atom stereocenters. The normalized spacial score (nSPS) is 31.8. The zero-order valence-corrected chi connectivity index (χ0v) is 6.84. The molecule has 1 aliphatic heterocycles. The van der Waals surface area contributed by atoms with E-state index in [2.05, 4.69) is 10.6 Å². The molecule has 1 amide bonds. The Balaban J connectivity index is 2.80. The van der Waals surface area contributed by atoms with Crippen molar-refractivity contribution in [2.24, 2.45) is 0 Å². The van der Waals surface area contributed by atoms with E-state index >= 15 is 0 Å². The first-order valence-electron chi connectivity index (χ1n) is 3.22. The molecule has 1 saturated heterocycles. The molecule has 0 aliphatic carbocycles. The maximum absolute atomic E-state index is 11.1. The van der Waals surface area contributed by atoms with Crippen molar-refractivity contribution in [2.45, 2.75) is 25.8 Å². The Morgan fingerprint density at radius 2 is 2.30 bits per heavy atom. The van der Waals surface area contributed by atoms with Crippen LogP contribution in [0.15, 0.2) is 0 Å². The summed E-state index contributed by atoms with van der Waals surface area (Å²) in [6.45, 7) is 3.78. The minimum absolute atomic E-state index is 0.0278. The molecular weight excluding hydrogens is 148 g/mol. The first kappa shape index (κ1) is 7.47. The van der Waals surface area contributed by atoms with Crippen molar-refractivity contribution in [3.8, 4) is 0 Å². The van der Waals surface area contributed by atoms with Crippen LogP contribution in [0.3, 0.4) is 0 Å². The fourth-order valence-corrected chi connectivity index (χ4v) is 1.15. The molecule has 1 heterocycles. The molecule has 10 heavy (non-hydrogen) atoms. The third kappa shape index (κ3) is 0.988. The minimum Gasteiger partial charge on any atom is -0.348 e. The second kappa shape index (κ2) is 2.20. The number of carbonyl (C=O) groups excluding carboxylic acids is 1. The molecular formula is C6H10N2OS. The van der Waals surface area contributed by atoms with E-state index in [1.54, 1.807) is 0 Å².